The van der Waals surface area contributed by atoms with Gasteiger partial charge in [-0.2, -0.15) is 11.8 Å². The van der Waals surface area contributed by atoms with E-state index in [1.807, 2.05) is 6.26 Å². The summed E-state index contributed by atoms with van der Waals surface area (Å²) < 4.78 is 15.8. The smallest absolute Gasteiger partial charge is 0.186 e. The summed E-state index contributed by atoms with van der Waals surface area (Å²) in [6.45, 7) is 0.722. The molecule has 5 atom stereocenters. The lowest BCUT2D eigenvalue weighted by Crippen LogP contribution is -2.59. The standard InChI is InChI=1S/C12H24O7S/c1-20-6-2-3-17-4-5-18-12-11(16)10(15)9(14)8(7-13)19-12/h8-16H,2-7H2,1H3/t8?,9-,10+,11?,12+/m1/s1. The SMILES string of the molecule is CSCCCOCCO[C@H]1OC(CO)[C@@H](O)[C@H](O)C1O. The molecule has 0 bridgehead atoms. The van der Waals surface area contributed by atoms with E-state index in [2.05, 4.69) is 0 Å². The van der Waals surface area contributed by atoms with Crippen LogP contribution in [0, 0.1) is 0 Å². The third-order valence-corrected chi connectivity index (χ3v) is 3.69. The molecule has 20 heavy (non-hydrogen) atoms. The molecule has 0 aliphatic carbocycles. The topological polar surface area (TPSA) is 109 Å². The number of rotatable bonds is 9. The van der Waals surface area contributed by atoms with Crippen LogP contribution in [0.25, 0.3) is 0 Å². The fourth-order valence-corrected chi connectivity index (χ4v) is 2.24. The zero-order valence-electron chi connectivity index (χ0n) is 11.6. The van der Waals surface area contributed by atoms with Gasteiger partial charge in [-0.05, 0) is 18.4 Å². The Kier molecular flexibility index (Phi) is 8.98. The van der Waals surface area contributed by atoms with Crippen molar-refractivity contribution < 1.29 is 34.6 Å². The summed E-state index contributed by atoms with van der Waals surface area (Å²) in [6, 6.07) is 0. The molecule has 1 aliphatic rings. The van der Waals surface area contributed by atoms with Crippen molar-refractivity contribution in [2.75, 3.05) is 38.4 Å². The average molecular weight is 312 g/mol. The molecular weight excluding hydrogens is 288 g/mol. The van der Waals surface area contributed by atoms with Crippen LogP contribution < -0.4 is 0 Å². The Morgan fingerprint density at radius 2 is 1.80 bits per heavy atom. The fourth-order valence-electron chi connectivity index (χ4n) is 1.84. The maximum atomic E-state index is 9.71. The van der Waals surface area contributed by atoms with Crippen molar-refractivity contribution in [2.45, 2.75) is 37.1 Å². The lowest BCUT2D eigenvalue weighted by molar-refractivity contribution is -0.302. The van der Waals surface area contributed by atoms with Gasteiger partial charge >= 0.3 is 0 Å². The second-order valence-electron chi connectivity index (χ2n) is 4.53. The van der Waals surface area contributed by atoms with Crippen LogP contribution in [0.15, 0.2) is 0 Å². The minimum absolute atomic E-state index is 0.196. The minimum Gasteiger partial charge on any atom is -0.394 e. The quantitative estimate of drug-likeness (QED) is 0.384. The van der Waals surface area contributed by atoms with Crippen molar-refractivity contribution in [2.24, 2.45) is 0 Å². The predicted octanol–water partition coefficient (Wildman–Crippen LogP) is -1.43. The second kappa shape index (κ2) is 9.91. The van der Waals surface area contributed by atoms with Crippen LogP contribution in [0.3, 0.4) is 0 Å². The Labute approximate surface area is 122 Å². The summed E-state index contributed by atoms with van der Waals surface area (Å²) in [6.07, 6.45) is -3.17. The van der Waals surface area contributed by atoms with Gasteiger partial charge in [0.25, 0.3) is 0 Å². The molecule has 1 heterocycles. The van der Waals surface area contributed by atoms with Crippen molar-refractivity contribution in [3.05, 3.63) is 0 Å². The van der Waals surface area contributed by atoms with E-state index in [1.165, 1.54) is 0 Å². The van der Waals surface area contributed by atoms with Gasteiger partial charge in [-0.1, -0.05) is 0 Å². The van der Waals surface area contributed by atoms with Crippen molar-refractivity contribution in [3.63, 3.8) is 0 Å². The fraction of sp³-hybridized carbons (Fsp3) is 1.00. The zero-order chi connectivity index (χ0) is 15.0. The van der Waals surface area contributed by atoms with Crippen LogP contribution in [-0.4, -0.2) is 89.6 Å². The Bertz CT molecular complexity index is 254. The van der Waals surface area contributed by atoms with Crippen LogP contribution in [0.5, 0.6) is 0 Å². The average Bonchev–Trinajstić information content (AvgIpc) is 2.46. The van der Waals surface area contributed by atoms with E-state index in [4.69, 9.17) is 19.3 Å². The first-order chi connectivity index (χ1) is 9.61. The van der Waals surface area contributed by atoms with Gasteiger partial charge in [-0.3, -0.25) is 0 Å². The summed E-state index contributed by atoms with van der Waals surface area (Å²) in [5, 5.41) is 37.9. The molecule has 1 fully saturated rings. The zero-order valence-corrected chi connectivity index (χ0v) is 12.4. The van der Waals surface area contributed by atoms with Crippen LogP contribution >= 0.6 is 11.8 Å². The Hall–Kier alpha value is 0.0700. The van der Waals surface area contributed by atoms with E-state index in [1.54, 1.807) is 11.8 Å². The van der Waals surface area contributed by atoms with Crippen molar-refractivity contribution in [1.29, 1.82) is 0 Å². The van der Waals surface area contributed by atoms with E-state index in [9.17, 15) is 15.3 Å². The van der Waals surface area contributed by atoms with Crippen LogP contribution in [-0.2, 0) is 14.2 Å². The molecule has 0 spiro atoms. The lowest BCUT2D eigenvalue weighted by atomic mass is 9.99. The number of hydrogen-bond acceptors (Lipinski definition) is 8. The number of aliphatic hydroxyl groups excluding tert-OH is 4. The molecule has 1 aliphatic heterocycles. The molecule has 0 saturated carbocycles. The number of hydrogen-bond donors (Lipinski definition) is 4. The molecular formula is C12H24O7S. The van der Waals surface area contributed by atoms with Crippen molar-refractivity contribution in [1.82, 2.24) is 0 Å². The van der Waals surface area contributed by atoms with Gasteiger partial charge in [0.2, 0.25) is 0 Å². The predicted molar refractivity (Wildman–Crippen MR) is 73.5 cm³/mol. The third-order valence-electron chi connectivity index (χ3n) is 3.00. The van der Waals surface area contributed by atoms with Crippen LogP contribution in [0.4, 0.5) is 0 Å². The summed E-state index contributed by atoms with van der Waals surface area (Å²) >= 11 is 1.75. The third kappa shape index (κ3) is 5.45. The van der Waals surface area contributed by atoms with Gasteiger partial charge in [0.1, 0.15) is 24.4 Å². The highest BCUT2D eigenvalue weighted by Crippen LogP contribution is 2.21. The molecule has 0 aromatic rings. The maximum absolute atomic E-state index is 9.71. The summed E-state index contributed by atoms with van der Waals surface area (Å²) in [4.78, 5) is 0. The molecule has 7 nitrogen and oxygen atoms in total. The normalized spacial score (nSPS) is 34.4. The van der Waals surface area contributed by atoms with Crippen LogP contribution in [0.2, 0.25) is 0 Å². The van der Waals surface area contributed by atoms with Gasteiger partial charge in [0.15, 0.2) is 6.29 Å². The number of thioether (sulfide) groups is 1. The molecule has 0 radical (unpaired) electrons. The Morgan fingerprint density at radius 1 is 1.05 bits per heavy atom. The molecule has 8 heteroatoms. The van der Waals surface area contributed by atoms with E-state index < -0.39 is 37.3 Å². The van der Waals surface area contributed by atoms with E-state index >= 15 is 0 Å². The molecule has 2 unspecified atom stereocenters. The molecule has 0 aromatic heterocycles. The first kappa shape index (κ1) is 18.1. The molecule has 1 saturated heterocycles. The summed E-state index contributed by atoms with van der Waals surface area (Å²) in [5.41, 5.74) is 0. The summed E-state index contributed by atoms with van der Waals surface area (Å²) in [7, 11) is 0. The van der Waals surface area contributed by atoms with Gasteiger partial charge < -0.3 is 34.6 Å². The van der Waals surface area contributed by atoms with Crippen molar-refractivity contribution in [3.8, 4) is 0 Å². The Morgan fingerprint density at radius 3 is 2.45 bits per heavy atom. The molecule has 0 amide bonds. The largest absolute Gasteiger partial charge is 0.394 e. The highest BCUT2D eigenvalue weighted by molar-refractivity contribution is 7.98. The van der Waals surface area contributed by atoms with Gasteiger partial charge in [0.05, 0.1) is 19.8 Å². The van der Waals surface area contributed by atoms with Gasteiger partial charge in [0, 0.05) is 6.61 Å². The highest BCUT2D eigenvalue weighted by atomic mass is 32.2. The second-order valence-corrected chi connectivity index (χ2v) is 5.51. The van der Waals surface area contributed by atoms with Crippen molar-refractivity contribution >= 4 is 11.8 Å². The minimum atomic E-state index is -1.41. The number of ether oxygens (including phenoxy) is 3. The van der Waals surface area contributed by atoms with Crippen LogP contribution in [0.1, 0.15) is 6.42 Å². The first-order valence-electron chi connectivity index (χ1n) is 6.60. The number of aliphatic hydroxyl groups is 4. The highest BCUT2D eigenvalue weighted by Gasteiger charge is 2.43. The molecule has 0 aromatic carbocycles. The van der Waals surface area contributed by atoms with Gasteiger partial charge in [-0.15, -0.1) is 0 Å². The maximum Gasteiger partial charge on any atom is 0.186 e. The monoisotopic (exact) mass is 312 g/mol. The molecule has 1 rings (SSSR count). The summed E-state index contributed by atoms with van der Waals surface area (Å²) in [5.74, 6) is 1.04. The Balaban J connectivity index is 2.21. The molecule has 4 N–H and O–H groups in total. The first-order valence-corrected chi connectivity index (χ1v) is 8.00. The lowest BCUT2D eigenvalue weighted by Gasteiger charge is -2.39. The molecule has 120 valence electrons. The van der Waals surface area contributed by atoms with E-state index in [0.717, 1.165) is 12.2 Å². The van der Waals surface area contributed by atoms with Gasteiger partial charge in [-0.25, -0.2) is 0 Å². The van der Waals surface area contributed by atoms with E-state index in [0.29, 0.717) is 13.2 Å². The van der Waals surface area contributed by atoms with E-state index in [-0.39, 0.29) is 6.61 Å².